The Balaban J connectivity index is 1.88. The molecular formula is C15H24N2. The van der Waals surface area contributed by atoms with Gasteiger partial charge >= 0.3 is 0 Å². The zero-order valence-electron chi connectivity index (χ0n) is 11.1. The number of nitrogens with one attached hydrogen (secondary N) is 1. The maximum absolute atomic E-state index is 3.67. The molecule has 1 atom stereocenters. The van der Waals surface area contributed by atoms with E-state index < -0.39 is 0 Å². The Bertz CT molecular complexity index is 331. The van der Waals surface area contributed by atoms with Crippen molar-refractivity contribution in [1.82, 2.24) is 4.90 Å². The average Bonchev–Trinajstić information content (AvgIpc) is 2.57. The van der Waals surface area contributed by atoms with Crippen molar-refractivity contribution in [3.05, 3.63) is 29.8 Å². The highest BCUT2D eigenvalue weighted by Crippen LogP contribution is 2.17. The van der Waals surface area contributed by atoms with Crippen LogP contribution in [-0.2, 0) is 0 Å². The van der Waals surface area contributed by atoms with Gasteiger partial charge in [0.1, 0.15) is 0 Å². The molecule has 2 nitrogen and oxygen atoms in total. The van der Waals surface area contributed by atoms with E-state index in [1.54, 1.807) is 0 Å². The Kier molecular flexibility index (Phi) is 4.43. The number of nitrogens with zero attached hydrogens (tertiary/aromatic N) is 1. The Morgan fingerprint density at radius 3 is 2.65 bits per heavy atom. The van der Waals surface area contributed by atoms with Gasteiger partial charge < -0.3 is 10.2 Å². The van der Waals surface area contributed by atoms with E-state index in [9.17, 15) is 0 Å². The van der Waals surface area contributed by atoms with Crippen LogP contribution in [0.3, 0.4) is 0 Å². The summed E-state index contributed by atoms with van der Waals surface area (Å²) in [7, 11) is 0. The lowest BCUT2D eigenvalue weighted by atomic mass is 10.1. The minimum atomic E-state index is 0.647. The van der Waals surface area contributed by atoms with Gasteiger partial charge in [-0.1, -0.05) is 24.6 Å². The molecule has 1 aliphatic heterocycles. The van der Waals surface area contributed by atoms with Gasteiger partial charge in [-0.2, -0.15) is 0 Å². The lowest BCUT2D eigenvalue weighted by Crippen LogP contribution is -2.26. The molecule has 0 aliphatic carbocycles. The quantitative estimate of drug-likeness (QED) is 0.860. The number of anilines is 1. The lowest BCUT2D eigenvalue weighted by molar-refractivity contribution is 0.300. The van der Waals surface area contributed by atoms with Gasteiger partial charge in [0.05, 0.1) is 0 Å². The van der Waals surface area contributed by atoms with E-state index in [2.05, 4.69) is 48.3 Å². The Morgan fingerprint density at radius 1 is 1.18 bits per heavy atom. The monoisotopic (exact) mass is 232 g/mol. The molecule has 1 aliphatic rings. The van der Waals surface area contributed by atoms with Crippen LogP contribution in [0.25, 0.3) is 0 Å². The van der Waals surface area contributed by atoms with E-state index in [4.69, 9.17) is 0 Å². The van der Waals surface area contributed by atoms with E-state index in [1.807, 2.05) is 0 Å². The third-order valence-corrected chi connectivity index (χ3v) is 3.69. The van der Waals surface area contributed by atoms with Crippen LogP contribution in [0.15, 0.2) is 24.3 Å². The van der Waals surface area contributed by atoms with E-state index >= 15 is 0 Å². The highest BCUT2D eigenvalue weighted by molar-refractivity contribution is 5.45. The van der Waals surface area contributed by atoms with Crippen molar-refractivity contribution in [2.45, 2.75) is 39.2 Å². The van der Waals surface area contributed by atoms with Crippen LogP contribution in [0.5, 0.6) is 0 Å². The summed E-state index contributed by atoms with van der Waals surface area (Å²) in [6.07, 6.45) is 3.88. The first-order valence-electron chi connectivity index (χ1n) is 6.83. The van der Waals surface area contributed by atoms with Crippen LogP contribution in [0.2, 0.25) is 0 Å². The largest absolute Gasteiger partial charge is 0.382 e. The van der Waals surface area contributed by atoms with Gasteiger partial charge in [-0.25, -0.2) is 0 Å². The number of benzene rings is 1. The molecule has 0 radical (unpaired) electrons. The zero-order valence-corrected chi connectivity index (χ0v) is 11.1. The molecule has 0 saturated carbocycles. The molecular weight excluding hydrogens is 208 g/mol. The lowest BCUT2D eigenvalue weighted by Gasteiger charge is -2.19. The average molecular weight is 232 g/mol. The molecule has 2 heteroatoms. The van der Waals surface area contributed by atoms with Gasteiger partial charge in [0, 0.05) is 18.3 Å². The van der Waals surface area contributed by atoms with Crippen LogP contribution < -0.4 is 5.32 Å². The van der Waals surface area contributed by atoms with Crippen molar-refractivity contribution >= 4 is 5.69 Å². The molecule has 0 spiro atoms. The summed E-state index contributed by atoms with van der Waals surface area (Å²) in [6, 6.07) is 9.39. The normalized spacial score (nSPS) is 22.1. The summed E-state index contributed by atoms with van der Waals surface area (Å²) in [6.45, 7) is 8.09. The van der Waals surface area contributed by atoms with Crippen LogP contribution in [0.1, 0.15) is 31.7 Å². The first kappa shape index (κ1) is 12.4. The predicted octanol–water partition coefficient (Wildman–Crippen LogP) is 3.28. The molecule has 2 rings (SSSR count). The molecule has 94 valence electrons. The second-order valence-electron chi connectivity index (χ2n) is 5.07. The maximum Gasteiger partial charge on any atom is 0.0342 e. The molecule has 17 heavy (non-hydrogen) atoms. The van der Waals surface area contributed by atoms with E-state index in [-0.39, 0.29) is 0 Å². The Morgan fingerprint density at radius 2 is 1.94 bits per heavy atom. The van der Waals surface area contributed by atoms with Crippen LogP contribution in [0, 0.1) is 6.92 Å². The number of aryl methyl sites for hydroxylation is 1. The summed E-state index contributed by atoms with van der Waals surface area (Å²) in [5.41, 5.74) is 2.60. The van der Waals surface area contributed by atoms with E-state index in [0.29, 0.717) is 6.04 Å². The zero-order chi connectivity index (χ0) is 12.1. The molecule has 1 aromatic rings. The number of likely N-dealkylation sites (tertiary alicyclic amines) is 1. The summed E-state index contributed by atoms with van der Waals surface area (Å²) in [5.74, 6) is 0. The fourth-order valence-electron chi connectivity index (χ4n) is 2.50. The summed E-state index contributed by atoms with van der Waals surface area (Å²) >= 11 is 0. The highest BCUT2D eigenvalue weighted by Gasteiger charge is 2.15. The van der Waals surface area contributed by atoms with Gasteiger partial charge in [-0.15, -0.1) is 0 Å². The third kappa shape index (κ3) is 3.74. The topological polar surface area (TPSA) is 15.3 Å². The SMILES string of the molecule is CCN1CCCC(Nc2ccc(C)cc2)CC1. The van der Waals surface area contributed by atoms with Crippen molar-refractivity contribution in [3.8, 4) is 0 Å². The Hall–Kier alpha value is -1.02. The molecule has 0 amide bonds. The third-order valence-electron chi connectivity index (χ3n) is 3.69. The van der Waals surface area contributed by atoms with Crippen LogP contribution in [-0.4, -0.2) is 30.6 Å². The van der Waals surface area contributed by atoms with Crippen LogP contribution >= 0.6 is 0 Å². The van der Waals surface area contributed by atoms with Crippen LogP contribution in [0.4, 0.5) is 5.69 Å². The summed E-state index contributed by atoms with van der Waals surface area (Å²) in [5, 5.41) is 3.67. The standard InChI is InChI=1S/C15H24N2/c1-3-17-11-4-5-14(10-12-17)16-15-8-6-13(2)7-9-15/h6-9,14,16H,3-5,10-12H2,1-2H3. The van der Waals surface area contributed by atoms with Gasteiger partial charge in [0.2, 0.25) is 0 Å². The van der Waals surface area contributed by atoms with Gasteiger partial charge in [-0.05, 0) is 51.4 Å². The number of hydrogen-bond acceptors (Lipinski definition) is 2. The van der Waals surface area contributed by atoms with Gasteiger partial charge in [-0.3, -0.25) is 0 Å². The van der Waals surface area contributed by atoms with Crippen molar-refractivity contribution < 1.29 is 0 Å². The van der Waals surface area contributed by atoms with Gasteiger partial charge in [0.15, 0.2) is 0 Å². The Labute approximate surface area is 105 Å². The molecule has 1 N–H and O–H groups in total. The summed E-state index contributed by atoms with van der Waals surface area (Å²) < 4.78 is 0. The molecule has 1 fully saturated rings. The first-order chi connectivity index (χ1) is 8.28. The van der Waals surface area contributed by atoms with Crippen molar-refractivity contribution in [2.75, 3.05) is 25.0 Å². The second-order valence-corrected chi connectivity index (χ2v) is 5.07. The smallest absolute Gasteiger partial charge is 0.0342 e. The van der Waals surface area contributed by atoms with Crippen molar-refractivity contribution in [2.24, 2.45) is 0 Å². The molecule has 1 heterocycles. The highest BCUT2D eigenvalue weighted by atomic mass is 15.1. The molecule has 1 unspecified atom stereocenters. The van der Waals surface area contributed by atoms with Crippen molar-refractivity contribution in [1.29, 1.82) is 0 Å². The predicted molar refractivity (Wildman–Crippen MR) is 74.6 cm³/mol. The van der Waals surface area contributed by atoms with E-state index in [1.165, 1.54) is 50.1 Å². The first-order valence-corrected chi connectivity index (χ1v) is 6.83. The molecule has 1 aromatic carbocycles. The number of hydrogen-bond donors (Lipinski definition) is 1. The molecule has 0 aromatic heterocycles. The van der Waals surface area contributed by atoms with Gasteiger partial charge in [0.25, 0.3) is 0 Å². The van der Waals surface area contributed by atoms with Crippen molar-refractivity contribution in [3.63, 3.8) is 0 Å². The van der Waals surface area contributed by atoms with E-state index in [0.717, 1.165) is 0 Å². The molecule has 1 saturated heterocycles. The number of rotatable bonds is 3. The molecule has 0 bridgehead atoms. The second kappa shape index (κ2) is 6.06. The fourth-order valence-corrected chi connectivity index (χ4v) is 2.50. The fraction of sp³-hybridized carbons (Fsp3) is 0.600. The summed E-state index contributed by atoms with van der Waals surface area (Å²) in [4.78, 5) is 2.55. The maximum atomic E-state index is 3.67. The minimum Gasteiger partial charge on any atom is -0.382 e. The minimum absolute atomic E-state index is 0.647.